The van der Waals surface area contributed by atoms with Crippen LogP contribution in [0.1, 0.15) is 24.4 Å². The molecule has 1 atom stereocenters. The van der Waals surface area contributed by atoms with Crippen LogP contribution in [-0.4, -0.2) is 57.4 Å². The highest BCUT2D eigenvalue weighted by Crippen LogP contribution is 2.38. The number of benzene rings is 2. The van der Waals surface area contributed by atoms with Crippen LogP contribution in [0.4, 0.5) is 10.5 Å². The quantitative estimate of drug-likeness (QED) is 0.711. The highest BCUT2D eigenvalue weighted by atomic mass is 16.6. The van der Waals surface area contributed by atoms with Gasteiger partial charge in [0.2, 0.25) is 5.91 Å². The molecule has 0 bridgehead atoms. The number of nitrogens with one attached hydrogen (secondary N) is 2. The van der Waals surface area contributed by atoms with Gasteiger partial charge in [-0.25, -0.2) is 4.79 Å². The number of rotatable bonds is 6. The Morgan fingerprint density at radius 3 is 2.66 bits per heavy atom. The van der Waals surface area contributed by atoms with E-state index in [9.17, 15) is 9.59 Å². The summed E-state index contributed by atoms with van der Waals surface area (Å²) in [5.41, 5.74) is 1.48. The van der Waals surface area contributed by atoms with E-state index in [1.54, 1.807) is 32.4 Å². The van der Waals surface area contributed by atoms with Crippen LogP contribution < -0.4 is 29.6 Å². The summed E-state index contributed by atoms with van der Waals surface area (Å²) in [5, 5.41) is 5.06. The Labute approximate surface area is 186 Å². The second kappa shape index (κ2) is 9.78. The van der Waals surface area contributed by atoms with Crippen molar-refractivity contribution in [1.29, 1.82) is 0 Å². The van der Waals surface area contributed by atoms with Crippen LogP contribution in [0.25, 0.3) is 0 Å². The maximum atomic E-state index is 12.6. The van der Waals surface area contributed by atoms with Crippen molar-refractivity contribution in [2.75, 3.05) is 45.8 Å². The topological polar surface area (TPSA) is 98.4 Å². The van der Waals surface area contributed by atoms with Gasteiger partial charge in [-0.1, -0.05) is 0 Å². The smallest absolute Gasteiger partial charge is 0.325 e. The molecule has 170 valence electrons. The first-order valence-electron chi connectivity index (χ1n) is 10.5. The van der Waals surface area contributed by atoms with Gasteiger partial charge in [-0.05, 0) is 49.7 Å². The Kier molecular flexibility index (Phi) is 6.65. The first kappa shape index (κ1) is 21.8. The number of fused-ring (bicyclic) bond motifs is 1. The van der Waals surface area contributed by atoms with Crippen molar-refractivity contribution in [1.82, 2.24) is 10.2 Å². The summed E-state index contributed by atoms with van der Waals surface area (Å²) < 4.78 is 21.9. The lowest BCUT2D eigenvalue weighted by molar-refractivity contribution is -0.121. The Morgan fingerprint density at radius 2 is 1.88 bits per heavy atom. The Balaban J connectivity index is 1.37. The first-order chi connectivity index (χ1) is 15.6. The second-order valence-corrected chi connectivity index (χ2v) is 7.60. The minimum Gasteiger partial charge on any atom is -0.497 e. The molecule has 2 aromatic rings. The predicted molar refractivity (Wildman–Crippen MR) is 118 cm³/mol. The van der Waals surface area contributed by atoms with Crippen molar-refractivity contribution < 1.29 is 28.5 Å². The number of carbonyl (C=O) groups excluding carboxylic acids is 2. The van der Waals surface area contributed by atoms with Gasteiger partial charge < -0.3 is 24.3 Å². The summed E-state index contributed by atoms with van der Waals surface area (Å²) >= 11 is 0. The molecule has 9 nitrogen and oxygen atoms in total. The number of carbonyl (C=O) groups is 2. The van der Waals surface area contributed by atoms with Crippen molar-refractivity contribution in [2.45, 2.75) is 18.9 Å². The number of methoxy groups -OCH3 is 2. The van der Waals surface area contributed by atoms with Crippen molar-refractivity contribution in [3.8, 4) is 23.0 Å². The van der Waals surface area contributed by atoms with E-state index in [2.05, 4.69) is 10.6 Å². The molecule has 2 aliphatic rings. The number of hydrogen-bond acceptors (Lipinski definition) is 7. The lowest BCUT2D eigenvalue weighted by Crippen LogP contribution is -2.41. The first-order valence-corrected chi connectivity index (χ1v) is 10.5. The van der Waals surface area contributed by atoms with Gasteiger partial charge in [0, 0.05) is 23.4 Å². The van der Waals surface area contributed by atoms with E-state index in [0.717, 1.165) is 36.4 Å². The minimum absolute atomic E-state index is 0.00616. The van der Waals surface area contributed by atoms with Crippen molar-refractivity contribution in [3.63, 3.8) is 0 Å². The predicted octanol–water partition coefficient (Wildman–Crippen LogP) is 2.96. The zero-order chi connectivity index (χ0) is 22.5. The normalized spacial score (nSPS) is 17.5. The fourth-order valence-corrected chi connectivity index (χ4v) is 4.10. The van der Waals surface area contributed by atoms with Gasteiger partial charge in [0.25, 0.3) is 0 Å². The van der Waals surface area contributed by atoms with Gasteiger partial charge in [-0.2, -0.15) is 0 Å². The van der Waals surface area contributed by atoms with Crippen LogP contribution in [0.15, 0.2) is 36.4 Å². The molecule has 0 radical (unpaired) electrons. The molecular formula is C23H27N3O6. The van der Waals surface area contributed by atoms with Crippen LogP contribution in [0, 0.1) is 0 Å². The summed E-state index contributed by atoms with van der Waals surface area (Å²) in [6.45, 7) is 1.80. The molecule has 0 saturated carbocycles. The summed E-state index contributed by atoms with van der Waals surface area (Å²) in [6.07, 6.45) is 1.84. The summed E-state index contributed by atoms with van der Waals surface area (Å²) in [6, 6.07) is 10.2. The molecule has 9 heteroatoms. The number of imide groups is 1. The van der Waals surface area contributed by atoms with Gasteiger partial charge in [0.05, 0.1) is 20.8 Å². The van der Waals surface area contributed by atoms with E-state index in [1.165, 1.54) is 0 Å². The zero-order valence-corrected chi connectivity index (χ0v) is 18.2. The molecule has 32 heavy (non-hydrogen) atoms. The molecule has 0 unspecified atom stereocenters. The molecule has 2 N–H and O–H groups in total. The fraction of sp³-hybridized carbons (Fsp3) is 0.391. The monoisotopic (exact) mass is 441 g/mol. The average molecular weight is 441 g/mol. The maximum absolute atomic E-state index is 12.6. The van der Waals surface area contributed by atoms with Gasteiger partial charge in [-0.3, -0.25) is 15.0 Å². The molecule has 2 heterocycles. The third kappa shape index (κ3) is 4.88. The molecule has 1 saturated heterocycles. The number of urea groups is 1. The van der Waals surface area contributed by atoms with E-state index in [1.807, 2.05) is 23.1 Å². The van der Waals surface area contributed by atoms with Gasteiger partial charge in [0.1, 0.15) is 24.7 Å². The number of anilines is 1. The van der Waals surface area contributed by atoms with Crippen molar-refractivity contribution in [3.05, 3.63) is 42.0 Å². The zero-order valence-electron chi connectivity index (χ0n) is 18.2. The van der Waals surface area contributed by atoms with Crippen LogP contribution in [-0.2, 0) is 4.79 Å². The van der Waals surface area contributed by atoms with E-state index >= 15 is 0 Å². The highest BCUT2D eigenvalue weighted by Gasteiger charge is 2.30. The molecular weight excluding hydrogens is 414 g/mol. The molecule has 0 aliphatic carbocycles. The largest absolute Gasteiger partial charge is 0.497 e. The Hall–Kier alpha value is -3.46. The number of amides is 3. The summed E-state index contributed by atoms with van der Waals surface area (Å²) in [4.78, 5) is 26.9. The summed E-state index contributed by atoms with van der Waals surface area (Å²) in [7, 11) is 3.24. The average Bonchev–Trinajstić information content (AvgIpc) is 3.26. The molecule has 2 aromatic carbocycles. The lowest BCUT2D eigenvalue weighted by Gasteiger charge is -2.25. The number of hydrogen-bond donors (Lipinski definition) is 2. The standard InChI is InChI=1S/C23H27N3O6/c1-29-16-6-8-19(30-2)17(13-16)18-4-3-9-26(18)14-22(27)25-23(28)24-15-5-7-20-21(12-15)32-11-10-31-20/h5-8,12-13,18H,3-4,9-11,14H2,1-2H3,(H2,24,25,27,28)/t18-/m1/s1. The third-order valence-electron chi connectivity index (χ3n) is 5.56. The van der Waals surface area contributed by atoms with Crippen molar-refractivity contribution in [2.24, 2.45) is 0 Å². The van der Waals surface area contributed by atoms with Crippen molar-refractivity contribution >= 4 is 17.6 Å². The van der Waals surface area contributed by atoms with E-state index < -0.39 is 6.03 Å². The Bertz CT molecular complexity index is 996. The van der Waals surface area contributed by atoms with Crippen LogP contribution in [0.5, 0.6) is 23.0 Å². The molecule has 0 aromatic heterocycles. The molecule has 2 aliphatic heterocycles. The molecule has 1 fully saturated rings. The van der Waals surface area contributed by atoms with Gasteiger partial charge in [-0.15, -0.1) is 0 Å². The minimum atomic E-state index is -0.596. The summed E-state index contributed by atoms with van der Waals surface area (Å²) in [5.74, 6) is 2.29. The fourth-order valence-electron chi connectivity index (χ4n) is 4.10. The number of ether oxygens (including phenoxy) is 4. The SMILES string of the molecule is COc1ccc(OC)c([C@H]2CCCN2CC(=O)NC(=O)Nc2ccc3c(c2)OCCO3)c1. The van der Waals surface area contributed by atoms with E-state index in [0.29, 0.717) is 30.4 Å². The van der Waals surface area contributed by atoms with Crippen LogP contribution in [0.3, 0.4) is 0 Å². The maximum Gasteiger partial charge on any atom is 0.325 e. The molecule has 3 amide bonds. The van der Waals surface area contributed by atoms with E-state index in [4.69, 9.17) is 18.9 Å². The number of nitrogens with zero attached hydrogens (tertiary/aromatic N) is 1. The Morgan fingerprint density at radius 1 is 1.06 bits per heavy atom. The molecule has 4 rings (SSSR count). The van der Waals surface area contributed by atoms with Crippen LogP contribution >= 0.6 is 0 Å². The number of likely N-dealkylation sites (tertiary alicyclic amines) is 1. The van der Waals surface area contributed by atoms with Gasteiger partial charge in [0.15, 0.2) is 11.5 Å². The molecule has 0 spiro atoms. The van der Waals surface area contributed by atoms with E-state index in [-0.39, 0.29) is 18.5 Å². The third-order valence-corrected chi connectivity index (χ3v) is 5.56. The van der Waals surface area contributed by atoms with Gasteiger partial charge >= 0.3 is 6.03 Å². The highest BCUT2D eigenvalue weighted by molar-refractivity contribution is 6.01. The lowest BCUT2D eigenvalue weighted by atomic mass is 10.0. The van der Waals surface area contributed by atoms with Crippen LogP contribution in [0.2, 0.25) is 0 Å². The second-order valence-electron chi connectivity index (χ2n) is 7.60.